The van der Waals surface area contributed by atoms with Gasteiger partial charge in [0.05, 0.1) is 7.11 Å². The van der Waals surface area contributed by atoms with Gasteiger partial charge >= 0.3 is 0 Å². The number of ether oxygens (including phenoxy) is 1. The first kappa shape index (κ1) is 13.8. The highest BCUT2D eigenvalue weighted by atomic mass is 16.5. The molecule has 3 saturated heterocycles. The van der Waals surface area contributed by atoms with Gasteiger partial charge in [-0.15, -0.1) is 0 Å². The monoisotopic (exact) mass is 299 g/mol. The smallest absolute Gasteiger partial charge is 0.198 e. The van der Waals surface area contributed by atoms with Crippen LogP contribution in [-0.4, -0.2) is 37.4 Å². The molecule has 1 aromatic heterocycles. The van der Waals surface area contributed by atoms with Gasteiger partial charge in [0.2, 0.25) is 0 Å². The number of hydrogen-bond acceptors (Lipinski definition) is 4. The van der Waals surface area contributed by atoms with E-state index >= 15 is 0 Å². The zero-order valence-corrected chi connectivity index (χ0v) is 12.9. The Balaban J connectivity index is 1.55. The number of piperidine rings is 3. The van der Waals surface area contributed by atoms with Crippen molar-refractivity contribution in [2.75, 3.05) is 26.7 Å². The summed E-state index contributed by atoms with van der Waals surface area (Å²) in [5.41, 5.74) is 0.669. The highest BCUT2D eigenvalue weighted by Gasteiger charge is 2.35. The van der Waals surface area contributed by atoms with Gasteiger partial charge in [-0.1, -0.05) is 12.1 Å². The minimum Gasteiger partial charge on any atom is -0.493 e. The molecule has 0 saturated carbocycles. The summed E-state index contributed by atoms with van der Waals surface area (Å²) in [6, 6.07) is 7.57. The molecule has 3 aliphatic rings. The van der Waals surface area contributed by atoms with Crippen molar-refractivity contribution in [1.29, 1.82) is 0 Å². The number of nitrogens with zero attached hydrogens (tertiary/aromatic N) is 1. The highest BCUT2D eigenvalue weighted by molar-refractivity contribution is 5.98. The first-order chi connectivity index (χ1) is 10.7. The lowest BCUT2D eigenvalue weighted by atomic mass is 9.76. The number of benzene rings is 1. The van der Waals surface area contributed by atoms with Crippen LogP contribution in [0.15, 0.2) is 28.7 Å². The molecule has 4 nitrogen and oxygen atoms in total. The summed E-state index contributed by atoms with van der Waals surface area (Å²) in [4.78, 5) is 15.1. The van der Waals surface area contributed by atoms with Gasteiger partial charge < -0.3 is 14.1 Å². The predicted molar refractivity (Wildman–Crippen MR) is 84.4 cm³/mol. The Labute approximate surface area is 130 Å². The van der Waals surface area contributed by atoms with E-state index in [9.17, 15) is 4.79 Å². The number of carbonyl (C=O) groups is 1. The average Bonchev–Trinajstić information content (AvgIpc) is 3.00. The molecule has 3 aliphatic heterocycles. The van der Waals surface area contributed by atoms with Gasteiger partial charge in [-0.05, 0) is 49.9 Å². The van der Waals surface area contributed by atoms with Crippen LogP contribution in [-0.2, 0) is 0 Å². The standard InChI is InChI=1S/C18H21NO3/c1-21-16-4-2-3-13-10-17(22-18(13)16)15(20)9-14-11-19-7-5-12(14)6-8-19/h2-4,10,12,14H,5-9,11H2,1H3/t14-/m1/s1. The fourth-order valence-corrected chi connectivity index (χ4v) is 3.99. The molecule has 4 heteroatoms. The summed E-state index contributed by atoms with van der Waals surface area (Å²) in [6.07, 6.45) is 3.08. The maximum Gasteiger partial charge on any atom is 0.198 e. The third-order valence-electron chi connectivity index (χ3n) is 5.24. The Hall–Kier alpha value is -1.81. The molecule has 116 valence electrons. The van der Waals surface area contributed by atoms with Gasteiger partial charge in [-0.25, -0.2) is 0 Å². The number of Topliss-reactive ketones (excluding diaryl/α,β-unsaturated/α-hetero) is 1. The molecule has 0 radical (unpaired) electrons. The van der Waals surface area contributed by atoms with Crippen molar-refractivity contribution in [1.82, 2.24) is 4.90 Å². The predicted octanol–water partition coefficient (Wildman–Crippen LogP) is 3.36. The minimum absolute atomic E-state index is 0.122. The Kier molecular flexibility index (Phi) is 3.41. The van der Waals surface area contributed by atoms with Gasteiger partial charge in [0.25, 0.3) is 0 Å². The Morgan fingerprint density at radius 1 is 1.36 bits per heavy atom. The fraction of sp³-hybridized carbons (Fsp3) is 0.500. The number of rotatable bonds is 4. The van der Waals surface area contributed by atoms with E-state index in [1.807, 2.05) is 24.3 Å². The van der Waals surface area contributed by atoms with Gasteiger partial charge in [-0.3, -0.25) is 4.79 Å². The zero-order chi connectivity index (χ0) is 15.1. The van der Waals surface area contributed by atoms with E-state index in [4.69, 9.17) is 9.15 Å². The lowest BCUT2D eigenvalue weighted by Gasteiger charge is -2.44. The Bertz CT molecular complexity index is 697. The number of furan rings is 1. The van der Waals surface area contributed by atoms with Crippen molar-refractivity contribution in [2.45, 2.75) is 19.3 Å². The second kappa shape index (κ2) is 5.43. The molecule has 3 fully saturated rings. The highest BCUT2D eigenvalue weighted by Crippen LogP contribution is 2.36. The van der Waals surface area contributed by atoms with Crippen molar-refractivity contribution < 1.29 is 13.9 Å². The van der Waals surface area contributed by atoms with Crippen LogP contribution in [0.3, 0.4) is 0 Å². The van der Waals surface area contributed by atoms with Crippen LogP contribution < -0.4 is 4.74 Å². The van der Waals surface area contributed by atoms with Crippen LogP contribution in [0.5, 0.6) is 5.75 Å². The third kappa shape index (κ3) is 2.31. The number of ketones is 1. The van der Waals surface area contributed by atoms with Crippen molar-refractivity contribution in [3.63, 3.8) is 0 Å². The quantitative estimate of drug-likeness (QED) is 0.812. The largest absolute Gasteiger partial charge is 0.493 e. The van der Waals surface area contributed by atoms with Crippen molar-refractivity contribution >= 4 is 16.8 Å². The van der Waals surface area contributed by atoms with E-state index in [2.05, 4.69) is 4.90 Å². The molecule has 0 aliphatic carbocycles. The molecule has 0 unspecified atom stereocenters. The number of carbonyl (C=O) groups excluding carboxylic acids is 1. The number of fused-ring (bicyclic) bond motifs is 4. The van der Waals surface area contributed by atoms with Crippen LogP contribution in [0.25, 0.3) is 11.0 Å². The molecule has 2 aromatic rings. The fourth-order valence-electron chi connectivity index (χ4n) is 3.99. The van der Waals surface area contributed by atoms with Crippen LogP contribution in [0.1, 0.15) is 29.8 Å². The first-order valence-corrected chi connectivity index (χ1v) is 8.06. The second-order valence-corrected chi connectivity index (χ2v) is 6.51. The maximum absolute atomic E-state index is 12.6. The van der Waals surface area contributed by atoms with E-state index in [1.165, 1.54) is 25.9 Å². The lowest BCUT2D eigenvalue weighted by Crippen LogP contribution is -2.47. The molecule has 2 bridgehead atoms. The first-order valence-electron chi connectivity index (χ1n) is 8.06. The summed E-state index contributed by atoms with van der Waals surface area (Å²) in [7, 11) is 1.62. The van der Waals surface area contributed by atoms with E-state index in [0.29, 0.717) is 35.3 Å². The van der Waals surface area contributed by atoms with E-state index in [1.54, 1.807) is 7.11 Å². The van der Waals surface area contributed by atoms with Crippen LogP contribution in [0.4, 0.5) is 0 Å². The SMILES string of the molecule is COc1cccc2cc(C(=O)C[C@@H]3CN4CCC3CC4)oc12. The second-order valence-electron chi connectivity index (χ2n) is 6.51. The molecule has 0 amide bonds. The Morgan fingerprint density at radius 2 is 2.18 bits per heavy atom. The average molecular weight is 299 g/mol. The number of methoxy groups -OCH3 is 1. The molecular formula is C18H21NO3. The summed E-state index contributed by atoms with van der Waals surface area (Å²) in [5.74, 6) is 2.48. The molecule has 0 spiro atoms. The molecule has 22 heavy (non-hydrogen) atoms. The topological polar surface area (TPSA) is 42.7 Å². The number of hydrogen-bond donors (Lipinski definition) is 0. The van der Waals surface area contributed by atoms with Crippen LogP contribution in [0, 0.1) is 11.8 Å². The molecule has 5 rings (SSSR count). The zero-order valence-electron chi connectivity index (χ0n) is 12.9. The van der Waals surface area contributed by atoms with Gasteiger partial charge in [0.15, 0.2) is 22.9 Å². The van der Waals surface area contributed by atoms with Crippen molar-refractivity contribution in [3.8, 4) is 5.75 Å². The Morgan fingerprint density at radius 3 is 2.86 bits per heavy atom. The lowest BCUT2D eigenvalue weighted by molar-refractivity contribution is 0.0433. The summed E-state index contributed by atoms with van der Waals surface area (Å²) < 4.78 is 11.1. The summed E-state index contributed by atoms with van der Waals surface area (Å²) in [6.45, 7) is 3.48. The van der Waals surface area contributed by atoms with E-state index < -0.39 is 0 Å². The number of para-hydroxylation sites is 1. The normalized spacial score (nSPS) is 27.2. The van der Waals surface area contributed by atoms with E-state index in [0.717, 1.165) is 11.9 Å². The van der Waals surface area contributed by atoms with E-state index in [-0.39, 0.29) is 5.78 Å². The third-order valence-corrected chi connectivity index (χ3v) is 5.24. The molecule has 1 atom stereocenters. The minimum atomic E-state index is 0.122. The molecule has 1 aromatic carbocycles. The van der Waals surface area contributed by atoms with Crippen molar-refractivity contribution in [3.05, 3.63) is 30.0 Å². The van der Waals surface area contributed by atoms with Gasteiger partial charge in [-0.2, -0.15) is 0 Å². The molecule has 4 heterocycles. The maximum atomic E-state index is 12.6. The molecular weight excluding hydrogens is 278 g/mol. The van der Waals surface area contributed by atoms with Gasteiger partial charge in [0, 0.05) is 18.4 Å². The van der Waals surface area contributed by atoms with Crippen LogP contribution >= 0.6 is 0 Å². The van der Waals surface area contributed by atoms with Crippen LogP contribution in [0.2, 0.25) is 0 Å². The molecule has 0 N–H and O–H groups in total. The summed E-state index contributed by atoms with van der Waals surface area (Å²) >= 11 is 0. The van der Waals surface area contributed by atoms with Crippen molar-refractivity contribution in [2.24, 2.45) is 11.8 Å². The summed E-state index contributed by atoms with van der Waals surface area (Å²) in [5, 5.41) is 0.927. The van der Waals surface area contributed by atoms with Gasteiger partial charge in [0.1, 0.15) is 0 Å².